The highest BCUT2D eigenvalue weighted by molar-refractivity contribution is 5.95. The Labute approximate surface area is 180 Å². The minimum atomic E-state index is -0.174. The Kier molecular flexibility index (Phi) is 6.05. The highest BCUT2D eigenvalue weighted by Gasteiger charge is 2.47. The summed E-state index contributed by atoms with van der Waals surface area (Å²) >= 11 is 0. The monoisotopic (exact) mass is 413 g/mol. The van der Waals surface area contributed by atoms with E-state index in [1.54, 1.807) is 6.92 Å². The van der Waals surface area contributed by atoms with E-state index in [-0.39, 0.29) is 17.4 Å². The first-order chi connectivity index (χ1) is 14.5. The number of nitrogens with zero attached hydrogens (tertiary/aromatic N) is 3. The van der Waals surface area contributed by atoms with E-state index >= 15 is 0 Å². The van der Waals surface area contributed by atoms with Crippen LogP contribution in [-0.2, 0) is 21.4 Å². The largest absolute Gasteiger partial charge is 0.450 e. The zero-order valence-corrected chi connectivity index (χ0v) is 18.7. The number of benzene rings is 1. The third kappa shape index (κ3) is 3.70. The Morgan fingerprint density at radius 3 is 2.40 bits per heavy atom. The van der Waals surface area contributed by atoms with Crippen molar-refractivity contribution in [2.75, 3.05) is 44.2 Å². The Morgan fingerprint density at radius 1 is 1.10 bits per heavy atom. The van der Waals surface area contributed by atoms with Gasteiger partial charge in [0.15, 0.2) is 0 Å². The van der Waals surface area contributed by atoms with Crippen molar-refractivity contribution in [3.05, 3.63) is 29.3 Å². The summed E-state index contributed by atoms with van der Waals surface area (Å²) in [6, 6.07) is 7.13. The molecule has 2 fully saturated rings. The van der Waals surface area contributed by atoms with Gasteiger partial charge in [-0.3, -0.25) is 4.79 Å². The van der Waals surface area contributed by atoms with E-state index in [1.807, 2.05) is 16.7 Å². The third-order valence-corrected chi connectivity index (χ3v) is 7.44. The minimum absolute atomic E-state index is 0.0916. The summed E-state index contributed by atoms with van der Waals surface area (Å²) in [6.45, 7) is 10.7. The SMILES string of the molecule is CCOC(=O)N1CCC(N2CCC3(CC2)CN(C(C)=O)c2c(CC)cccc23)CC1. The second-order valence-electron chi connectivity index (χ2n) is 9.01. The molecule has 6 heteroatoms. The number of likely N-dealkylation sites (tertiary alicyclic amines) is 2. The van der Waals surface area contributed by atoms with Crippen molar-refractivity contribution >= 4 is 17.7 Å². The lowest BCUT2D eigenvalue weighted by atomic mass is 9.73. The van der Waals surface area contributed by atoms with Gasteiger partial charge < -0.3 is 19.4 Å². The highest BCUT2D eigenvalue weighted by atomic mass is 16.6. The molecule has 0 N–H and O–H groups in total. The van der Waals surface area contributed by atoms with E-state index in [9.17, 15) is 9.59 Å². The van der Waals surface area contributed by atoms with Gasteiger partial charge in [0.1, 0.15) is 0 Å². The fraction of sp³-hybridized carbons (Fsp3) is 0.667. The molecule has 1 spiro atoms. The van der Waals surface area contributed by atoms with E-state index in [4.69, 9.17) is 4.74 Å². The van der Waals surface area contributed by atoms with Gasteiger partial charge in [-0.1, -0.05) is 25.1 Å². The van der Waals surface area contributed by atoms with Crippen molar-refractivity contribution in [1.29, 1.82) is 0 Å². The molecule has 3 heterocycles. The van der Waals surface area contributed by atoms with Crippen LogP contribution in [0.25, 0.3) is 0 Å². The van der Waals surface area contributed by atoms with Crippen molar-refractivity contribution in [2.24, 2.45) is 0 Å². The van der Waals surface area contributed by atoms with Crippen molar-refractivity contribution < 1.29 is 14.3 Å². The van der Waals surface area contributed by atoms with E-state index < -0.39 is 0 Å². The van der Waals surface area contributed by atoms with Crippen LogP contribution >= 0.6 is 0 Å². The number of aryl methyl sites for hydroxylation is 1. The molecule has 30 heavy (non-hydrogen) atoms. The second-order valence-corrected chi connectivity index (χ2v) is 9.01. The smallest absolute Gasteiger partial charge is 0.409 e. The lowest BCUT2D eigenvalue weighted by molar-refractivity contribution is -0.116. The predicted octanol–water partition coefficient (Wildman–Crippen LogP) is 3.57. The van der Waals surface area contributed by atoms with Gasteiger partial charge in [-0.2, -0.15) is 0 Å². The summed E-state index contributed by atoms with van der Waals surface area (Å²) in [4.78, 5) is 30.9. The maximum absolute atomic E-state index is 12.4. The van der Waals surface area contributed by atoms with E-state index in [2.05, 4.69) is 30.0 Å². The fourth-order valence-electron chi connectivity index (χ4n) is 5.73. The van der Waals surface area contributed by atoms with Gasteiger partial charge in [-0.05, 0) is 63.2 Å². The molecule has 6 nitrogen and oxygen atoms in total. The van der Waals surface area contributed by atoms with Crippen LogP contribution in [0.3, 0.4) is 0 Å². The van der Waals surface area contributed by atoms with Crippen LogP contribution in [-0.4, -0.2) is 67.2 Å². The van der Waals surface area contributed by atoms with Gasteiger partial charge in [-0.25, -0.2) is 4.79 Å². The zero-order valence-electron chi connectivity index (χ0n) is 18.7. The Bertz CT molecular complexity index is 793. The van der Waals surface area contributed by atoms with Gasteiger partial charge >= 0.3 is 6.09 Å². The highest BCUT2D eigenvalue weighted by Crippen LogP contribution is 2.49. The van der Waals surface area contributed by atoms with Crippen molar-refractivity contribution in [2.45, 2.75) is 64.3 Å². The van der Waals surface area contributed by atoms with Gasteiger partial charge in [0.05, 0.1) is 12.3 Å². The molecule has 2 saturated heterocycles. The zero-order chi connectivity index (χ0) is 21.3. The lowest BCUT2D eigenvalue weighted by Crippen LogP contribution is -2.52. The van der Waals surface area contributed by atoms with Crippen LogP contribution < -0.4 is 4.90 Å². The van der Waals surface area contributed by atoms with Crippen LogP contribution in [0.2, 0.25) is 0 Å². The topological polar surface area (TPSA) is 53.1 Å². The summed E-state index contributed by atoms with van der Waals surface area (Å²) in [5.74, 6) is 0.155. The molecule has 0 radical (unpaired) electrons. The number of para-hydroxylation sites is 1. The van der Waals surface area contributed by atoms with Crippen molar-refractivity contribution in [1.82, 2.24) is 9.80 Å². The first-order valence-electron chi connectivity index (χ1n) is 11.6. The quantitative estimate of drug-likeness (QED) is 0.760. The number of amides is 2. The van der Waals surface area contributed by atoms with Crippen molar-refractivity contribution in [3.63, 3.8) is 0 Å². The molecule has 1 aromatic carbocycles. The molecule has 4 rings (SSSR count). The second kappa shape index (κ2) is 8.58. The molecule has 0 unspecified atom stereocenters. The molecule has 0 atom stereocenters. The molecule has 0 bridgehead atoms. The standard InChI is InChI=1S/C24H35N3O3/c1-4-19-7-6-8-21-22(19)27(18(3)28)17-24(21)11-15-25(16-12-24)20-9-13-26(14-10-20)23(29)30-5-2/h6-8,20H,4-5,9-17H2,1-3H3. The van der Waals surface area contributed by atoms with Crippen molar-refractivity contribution in [3.8, 4) is 0 Å². The molecule has 2 amide bonds. The van der Waals surface area contributed by atoms with Gasteiger partial charge in [-0.15, -0.1) is 0 Å². The molecule has 164 valence electrons. The summed E-state index contributed by atoms with van der Waals surface area (Å²) in [5, 5.41) is 0. The number of carbonyl (C=O) groups is 2. The van der Waals surface area contributed by atoms with Crippen LogP contribution in [0.15, 0.2) is 18.2 Å². The molecule has 0 aliphatic carbocycles. The molecule has 3 aliphatic heterocycles. The fourth-order valence-corrected chi connectivity index (χ4v) is 5.73. The number of anilines is 1. The number of rotatable bonds is 3. The summed E-state index contributed by atoms with van der Waals surface area (Å²) in [6.07, 6.45) is 4.99. The van der Waals surface area contributed by atoms with Gasteiger partial charge in [0.25, 0.3) is 0 Å². The van der Waals surface area contributed by atoms with E-state index in [1.165, 1.54) is 16.8 Å². The van der Waals surface area contributed by atoms with Gasteiger partial charge in [0.2, 0.25) is 5.91 Å². The average Bonchev–Trinajstić information content (AvgIpc) is 3.09. The van der Waals surface area contributed by atoms with E-state index in [0.717, 1.165) is 64.8 Å². The maximum Gasteiger partial charge on any atom is 0.409 e. The first kappa shape index (κ1) is 21.2. The third-order valence-electron chi connectivity index (χ3n) is 7.44. The maximum atomic E-state index is 12.4. The molecular formula is C24H35N3O3. The number of ether oxygens (including phenoxy) is 1. The molecule has 0 saturated carbocycles. The molecule has 3 aliphatic rings. The number of piperidine rings is 2. The Balaban J connectivity index is 1.43. The van der Waals surface area contributed by atoms with Crippen LogP contribution in [0.1, 0.15) is 57.6 Å². The predicted molar refractivity (Wildman–Crippen MR) is 118 cm³/mol. The Morgan fingerprint density at radius 2 is 1.80 bits per heavy atom. The summed E-state index contributed by atoms with van der Waals surface area (Å²) in [7, 11) is 0. The van der Waals surface area contributed by atoms with Crippen LogP contribution in [0, 0.1) is 0 Å². The number of hydrogen-bond acceptors (Lipinski definition) is 4. The Hall–Kier alpha value is -2.08. The summed E-state index contributed by atoms with van der Waals surface area (Å²) in [5.41, 5.74) is 3.94. The minimum Gasteiger partial charge on any atom is -0.450 e. The van der Waals surface area contributed by atoms with Crippen LogP contribution in [0.5, 0.6) is 0 Å². The number of hydrogen-bond donors (Lipinski definition) is 0. The summed E-state index contributed by atoms with van der Waals surface area (Å²) < 4.78 is 5.15. The number of fused-ring (bicyclic) bond motifs is 2. The average molecular weight is 414 g/mol. The molecule has 0 aromatic heterocycles. The number of carbonyl (C=O) groups excluding carboxylic acids is 2. The molecular weight excluding hydrogens is 378 g/mol. The molecule has 1 aromatic rings. The van der Waals surface area contributed by atoms with E-state index in [0.29, 0.717) is 12.6 Å². The van der Waals surface area contributed by atoms with Gasteiger partial charge in [0, 0.05) is 38.0 Å². The first-order valence-corrected chi connectivity index (χ1v) is 11.6. The lowest BCUT2D eigenvalue weighted by Gasteiger charge is -2.45. The normalized spacial score (nSPS) is 21.7. The van der Waals surface area contributed by atoms with Crippen LogP contribution in [0.4, 0.5) is 10.5 Å².